The molecule has 2 aromatic heterocycles. The molecule has 0 aliphatic rings. The van der Waals surface area contributed by atoms with Gasteiger partial charge in [-0.2, -0.15) is 8.78 Å². The van der Waals surface area contributed by atoms with Gasteiger partial charge in [0.1, 0.15) is 29.3 Å². The van der Waals surface area contributed by atoms with E-state index in [9.17, 15) is 21.6 Å². The minimum Gasteiger partial charge on any atom is -0.433 e. The van der Waals surface area contributed by atoms with Crippen LogP contribution in [0.5, 0.6) is 5.75 Å². The first-order chi connectivity index (χ1) is 14.0. The number of sulfone groups is 1. The van der Waals surface area contributed by atoms with Crippen LogP contribution in [0, 0.1) is 12.7 Å². The number of rotatable bonds is 7. The van der Waals surface area contributed by atoms with Gasteiger partial charge in [0.05, 0.1) is 16.9 Å². The summed E-state index contributed by atoms with van der Waals surface area (Å²) in [5.74, 6) is -0.300. The zero-order chi connectivity index (χ0) is 22.1. The Balaban J connectivity index is 2.01. The van der Waals surface area contributed by atoms with Crippen LogP contribution in [-0.4, -0.2) is 36.2 Å². The van der Waals surface area contributed by atoms with Crippen molar-refractivity contribution in [3.05, 3.63) is 64.5 Å². The number of nitrogens with one attached hydrogen (secondary N) is 2. The maximum Gasteiger partial charge on any atom is 0.387 e. The average molecular weight is 461 g/mol. The predicted octanol–water partition coefficient (Wildman–Crippen LogP) is 4.11. The van der Waals surface area contributed by atoms with Crippen molar-refractivity contribution < 1.29 is 26.3 Å². The van der Waals surface area contributed by atoms with Crippen LogP contribution in [-0.2, 0) is 9.84 Å². The molecule has 12 heteroatoms. The molecule has 160 valence electrons. The van der Waals surface area contributed by atoms with Gasteiger partial charge in [-0.1, -0.05) is 17.7 Å². The smallest absolute Gasteiger partial charge is 0.387 e. The highest BCUT2D eigenvalue weighted by molar-refractivity contribution is 7.90. The molecule has 7 nitrogen and oxygen atoms in total. The number of aromatic nitrogens is 3. The number of imidazole rings is 1. The van der Waals surface area contributed by atoms with Gasteiger partial charge in [0.25, 0.3) is 0 Å². The Bertz CT molecular complexity index is 1150. The van der Waals surface area contributed by atoms with E-state index in [-0.39, 0.29) is 27.4 Å². The maximum atomic E-state index is 13.6. The van der Waals surface area contributed by atoms with Gasteiger partial charge in [-0.15, -0.1) is 0 Å². The number of benzene rings is 1. The first kappa shape index (κ1) is 21.9. The summed E-state index contributed by atoms with van der Waals surface area (Å²) in [5.41, 5.74) is 0.783. The van der Waals surface area contributed by atoms with E-state index in [0.717, 1.165) is 18.5 Å². The molecule has 0 unspecified atom stereocenters. The summed E-state index contributed by atoms with van der Waals surface area (Å²) < 4.78 is 66.4. The molecule has 0 aliphatic heterocycles. The standard InChI is InChI=1S/C18H16ClF3N4O3S/c1-9-17(30(2,27)28)26-16(24-9)15(10-3-5-13(20)12(19)7-10)25-14-6-4-11(8-23-14)29-18(21)22/h3-8,15,18H,1-2H3,(H,23,25)(H,24,26)/t15-/m1/s1. The number of hydrogen-bond donors (Lipinski definition) is 2. The van der Waals surface area contributed by atoms with Gasteiger partial charge in [0, 0.05) is 6.26 Å². The lowest BCUT2D eigenvalue weighted by Crippen LogP contribution is -2.15. The molecule has 0 bridgehead atoms. The monoisotopic (exact) mass is 460 g/mol. The largest absolute Gasteiger partial charge is 0.433 e. The van der Waals surface area contributed by atoms with Crippen molar-refractivity contribution in [3.8, 4) is 5.75 Å². The number of ether oxygens (including phenoxy) is 1. The number of H-pyrrole nitrogens is 1. The quantitative estimate of drug-likeness (QED) is 0.550. The lowest BCUT2D eigenvalue weighted by atomic mass is 10.1. The fourth-order valence-electron chi connectivity index (χ4n) is 2.75. The number of aryl methyl sites for hydroxylation is 1. The van der Waals surface area contributed by atoms with Crippen LogP contribution in [0.2, 0.25) is 5.02 Å². The molecule has 1 aromatic carbocycles. The van der Waals surface area contributed by atoms with Crippen LogP contribution < -0.4 is 10.1 Å². The van der Waals surface area contributed by atoms with Crippen molar-refractivity contribution in [1.82, 2.24) is 15.0 Å². The first-order valence-corrected chi connectivity index (χ1v) is 10.7. The minimum absolute atomic E-state index is 0.133. The number of nitrogens with zero attached hydrogens (tertiary/aromatic N) is 2. The fourth-order valence-corrected chi connectivity index (χ4v) is 3.81. The van der Waals surface area contributed by atoms with E-state index in [1.165, 1.54) is 24.3 Å². The molecule has 3 rings (SSSR count). The Labute approximate surface area is 175 Å². The summed E-state index contributed by atoms with van der Waals surface area (Å²) in [6, 6.07) is 5.85. The molecule has 0 saturated heterocycles. The second-order valence-electron chi connectivity index (χ2n) is 6.33. The van der Waals surface area contributed by atoms with E-state index in [1.54, 1.807) is 6.92 Å². The number of anilines is 1. The number of pyridine rings is 1. The lowest BCUT2D eigenvalue weighted by molar-refractivity contribution is -0.0500. The van der Waals surface area contributed by atoms with E-state index in [1.807, 2.05) is 0 Å². The number of alkyl halides is 2. The Morgan fingerprint density at radius 3 is 2.50 bits per heavy atom. The summed E-state index contributed by atoms with van der Waals surface area (Å²) in [5, 5.41) is 2.73. The Hall–Kier alpha value is -2.79. The Morgan fingerprint density at radius 1 is 1.23 bits per heavy atom. The number of aromatic amines is 1. The van der Waals surface area contributed by atoms with Crippen molar-refractivity contribution in [3.63, 3.8) is 0 Å². The number of halogens is 4. The minimum atomic E-state index is -3.59. The lowest BCUT2D eigenvalue weighted by Gasteiger charge is -2.18. The summed E-state index contributed by atoms with van der Waals surface area (Å²) in [7, 11) is -3.59. The maximum absolute atomic E-state index is 13.6. The van der Waals surface area contributed by atoms with E-state index in [0.29, 0.717) is 11.3 Å². The average Bonchev–Trinajstić information content (AvgIpc) is 3.05. The molecular weight excluding hydrogens is 445 g/mol. The molecule has 0 saturated carbocycles. The first-order valence-electron chi connectivity index (χ1n) is 8.43. The zero-order valence-corrected chi connectivity index (χ0v) is 17.2. The highest BCUT2D eigenvalue weighted by Gasteiger charge is 2.24. The third-order valence-electron chi connectivity index (χ3n) is 4.01. The fraction of sp³-hybridized carbons (Fsp3) is 0.222. The van der Waals surface area contributed by atoms with E-state index in [2.05, 4.69) is 25.0 Å². The molecule has 0 spiro atoms. The van der Waals surface area contributed by atoms with Crippen LogP contribution >= 0.6 is 11.6 Å². The van der Waals surface area contributed by atoms with Crippen LogP contribution in [0.1, 0.15) is 23.1 Å². The highest BCUT2D eigenvalue weighted by Crippen LogP contribution is 2.29. The van der Waals surface area contributed by atoms with E-state index < -0.39 is 28.3 Å². The summed E-state index contributed by atoms with van der Waals surface area (Å²) in [6.45, 7) is -1.43. The van der Waals surface area contributed by atoms with Gasteiger partial charge in [0.2, 0.25) is 0 Å². The van der Waals surface area contributed by atoms with Crippen LogP contribution in [0.4, 0.5) is 19.0 Å². The van der Waals surface area contributed by atoms with Gasteiger partial charge in [0.15, 0.2) is 14.9 Å². The summed E-state index contributed by atoms with van der Waals surface area (Å²) in [6.07, 6.45) is 2.12. The molecule has 0 radical (unpaired) electrons. The van der Waals surface area contributed by atoms with Crippen molar-refractivity contribution in [1.29, 1.82) is 0 Å². The molecule has 0 amide bonds. The van der Waals surface area contributed by atoms with Crippen molar-refractivity contribution in [2.75, 3.05) is 11.6 Å². The topological polar surface area (TPSA) is 97.0 Å². The third-order valence-corrected chi connectivity index (χ3v) is 5.40. The second-order valence-corrected chi connectivity index (χ2v) is 8.67. The van der Waals surface area contributed by atoms with Crippen molar-refractivity contribution in [2.45, 2.75) is 24.6 Å². The third kappa shape index (κ3) is 5.03. The number of hydrogen-bond acceptors (Lipinski definition) is 6. The predicted molar refractivity (Wildman–Crippen MR) is 104 cm³/mol. The summed E-state index contributed by atoms with van der Waals surface area (Å²) in [4.78, 5) is 11.1. The highest BCUT2D eigenvalue weighted by atomic mass is 35.5. The zero-order valence-electron chi connectivity index (χ0n) is 15.7. The van der Waals surface area contributed by atoms with E-state index in [4.69, 9.17) is 11.6 Å². The molecule has 0 aliphatic carbocycles. The molecule has 1 atom stereocenters. The second kappa shape index (κ2) is 8.52. The van der Waals surface area contributed by atoms with Crippen LogP contribution in [0.25, 0.3) is 0 Å². The van der Waals surface area contributed by atoms with Crippen molar-refractivity contribution in [2.24, 2.45) is 0 Å². The molecule has 30 heavy (non-hydrogen) atoms. The normalized spacial score (nSPS) is 12.8. The van der Waals surface area contributed by atoms with Crippen LogP contribution in [0.3, 0.4) is 0 Å². The van der Waals surface area contributed by atoms with E-state index >= 15 is 0 Å². The molecule has 2 N–H and O–H groups in total. The molecule has 0 fully saturated rings. The SMILES string of the molecule is Cc1[nH]c([C@H](Nc2ccc(OC(F)F)cn2)c2ccc(F)c(Cl)c2)nc1S(C)(=O)=O. The van der Waals surface area contributed by atoms with Gasteiger partial charge in [-0.05, 0) is 36.8 Å². The van der Waals surface area contributed by atoms with Crippen molar-refractivity contribution >= 4 is 27.3 Å². The summed E-state index contributed by atoms with van der Waals surface area (Å²) >= 11 is 5.89. The van der Waals surface area contributed by atoms with Gasteiger partial charge in [-0.25, -0.2) is 22.8 Å². The van der Waals surface area contributed by atoms with Gasteiger partial charge in [-0.3, -0.25) is 0 Å². The van der Waals surface area contributed by atoms with Crippen LogP contribution in [0.15, 0.2) is 41.6 Å². The Morgan fingerprint density at radius 2 is 1.97 bits per heavy atom. The van der Waals surface area contributed by atoms with Gasteiger partial charge < -0.3 is 15.0 Å². The van der Waals surface area contributed by atoms with Gasteiger partial charge >= 0.3 is 6.61 Å². The molecular formula is C18H16ClF3N4O3S. The molecule has 3 aromatic rings. The Kier molecular flexibility index (Phi) is 6.22. The molecule has 2 heterocycles.